The molecular formula is C10H15N3O2S. The normalized spacial score (nSPS) is 17.1. The topological polar surface area (TPSA) is 54.5 Å². The standard InChI is InChI=1S/C10H15N3O2S/c1-15-9(14)8-7-11-10(16-8)12-13-5-3-2-4-6-13/h7H,2-6H2,1H3,(H,11,12). The van der Waals surface area contributed by atoms with Gasteiger partial charge in [-0.1, -0.05) is 17.8 Å². The minimum Gasteiger partial charge on any atom is -0.465 e. The van der Waals surface area contributed by atoms with Crippen molar-refractivity contribution in [2.45, 2.75) is 19.3 Å². The van der Waals surface area contributed by atoms with Crippen LogP contribution in [0, 0.1) is 0 Å². The summed E-state index contributed by atoms with van der Waals surface area (Å²) in [7, 11) is 1.37. The minimum atomic E-state index is -0.329. The van der Waals surface area contributed by atoms with Gasteiger partial charge in [0.05, 0.1) is 13.3 Å². The molecule has 5 nitrogen and oxygen atoms in total. The first-order valence-corrected chi connectivity index (χ1v) is 6.17. The summed E-state index contributed by atoms with van der Waals surface area (Å²) < 4.78 is 4.63. The van der Waals surface area contributed by atoms with E-state index in [-0.39, 0.29) is 5.97 Å². The monoisotopic (exact) mass is 241 g/mol. The summed E-state index contributed by atoms with van der Waals surface area (Å²) in [5.74, 6) is -0.329. The van der Waals surface area contributed by atoms with Gasteiger partial charge in [-0.05, 0) is 12.8 Å². The second kappa shape index (κ2) is 5.27. The Morgan fingerprint density at radius 2 is 2.25 bits per heavy atom. The van der Waals surface area contributed by atoms with E-state index in [1.807, 2.05) is 0 Å². The third kappa shape index (κ3) is 2.70. The third-order valence-electron chi connectivity index (χ3n) is 2.50. The van der Waals surface area contributed by atoms with Gasteiger partial charge in [0.25, 0.3) is 0 Å². The minimum absolute atomic E-state index is 0.329. The molecule has 0 spiro atoms. The zero-order chi connectivity index (χ0) is 11.4. The van der Waals surface area contributed by atoms with E-state index in [9.17, 15) is 4.79 Å². The van der Waals surface area contributed by atoms with Crippen LogP contribution in [-0.4, -0.2) is 36.2 Å². The smallest absolute Gasteiger partial charge is 0.349 e. The zero-order valence-electron chi connectivity index (χ0n) is 9.23. The molecule has 2 rings (SSSR count). The first-order chi connectivity index (χ1) is 7.79. The molecule has 0 atom stereocenters. The lowest BCUT2D eigenvalue weighted by molar-refractivity contribution is 0.0606. The Morgan fingerprint density at radius 3 is 2.94 bits per heavy atom. The summed E-state index contributed by atoms with van der Waals surface area (Å²) in [5.41, 5.74) is 3.21. The first kappa shape index (κ1) is 11.3. The summed E-state index contributed by atoms with van der Waals surface area (Å²) in [6, 6.07) is 0. The first-order valence-electron chi connectivity index (χ1n) is 5.35. The molecule has 1 saturated heterocycles. The summed E-state index contributed by atoms with van der Waals surface area (Å²) in [6.07, 6.45) is 5.26. The van der Waals surface area contributed by atoms with E-state index in [1.54, 1.807) is 6.20 Å². The molecule has 88 valence electrons. The van der Waals surface area contributed by atoms with Crippen molar-refractivity contribution in [1.29, 1.82) is 0 Å². The van der Waals surface area contributed by atoms with Gasteiger partial charge in [-0.25, -0.2) is 14.8 Å². The van der Waals surface area contributed by atoms with Crippen molar-refractivity contribution in [3.8, 4) is 0 Å². The maximum absolute atomic E-state index is 11.2. The Labute approximate surface area is 98.4 Å². The van der Waals surface area contributed by atoms with Crippen LogP contribution in [0.4, 0.5) is 5.13 Å². The fourth-order valence-corrected chi connectivity index (χ4v) is 2.42. The van der Waals surface area contributed by atoms with Gasteiger partial charge >= 0.3 is 5.97 Å². The molecular weight excluding hydrogens is 226 g/mol. The fraction of sp³-hybridized carbons (Fsp3) is 0.600. The molecule has 16 heavy (non-hydrogen) atoms. The molecule has 1 aromatic rings. The van der Waals surface area contributed by atoms with Gasteiger partial charge in [0.2, 0.25) is 0 Å². The molecule has 0 unspecified atom stereocenters. The third-order valence-corrected chi connectivity index (χ3v) is 3.38. The number of hydrogen-bond donors (Lipinski definition) is 1. The Bertz CT molecular complexity index is 361. The second-order valence-electron chi connectivity index (χ2n) is 3.68. The van der Waals surface area contributed by atoms with Crippen LogP contribution in [0.3, 0.4) is 0 Å². The van der Waals surface area contributed by atoms with Crippen molar-refractivity contribution in [3.05, 3.63) is 11.1 Å². The number of methoxy groups -OCH3 is 1. The highest BCUT2D eigenvalue weighted by atomic mass is 32.1. The Morgan fingerprint density at radius 1 is 1.50 bits per heavy atom. The van der Waals surface area contributed by atoms with Crippen molar-refractivity contribution in [2.75, 3.05) is 25.6 Å². The highest BCUT2D eigenvalue weighted by molar-refractivity contribution is 7.17. The molecule has 1 N–H and O–H groups in total. The molecule has 2 heterocycles. The van der Waals surface area contributed by atoms with Crippen LogP contribution in [0.25, 0.3) is 0 Å². The molecule has 1 aliphatic heterocycles. The van der Waals surface area contributed by atoms with Crippen molar-refractivity contribution in [1.82, 2.24) is 9.99 Å². The lowest BCUT2D eigenvalue weighted by Gasteiger charge is -2.26. The van der Waals surface area contributed by atoms with Gasteiger partial charge in [0, 0.05) is 13.1 Å². The van der Waals surface area contributed by atoms with Crippen molar-refractivity contribution in [3.63, 3.8) is 0 Å². The Hall–Kier alpha value is -1.14. The second-order valence-corrected chi connectivity index (χ2v) is 4.71. The zero-order valence-corrected chi connectivity index (χ0v) is 10.0. The summed E-state index contributed by atoms with van der Waals surface area (Å²) in [6.45, 7) is 2.07. The molecule has 0 bridgehead atoms. The summed E-state index contributed by atoms with van der Waals surface area (Å²) in [5, 5.41) is 2.89. The maximum atomic E-state index is 11.2. The van der Waals surface area contributed by atoms with Crippen molar-refractivity contribution < 1.29 is 9.53 Å². The number of hydrazine groups is 1. The van der Waals surface area contributed by atoms with Crippen LogP contribution in [0.2, 0.25) is 0 Å². The number of carbonyl (C=O) groups excluding carboxylic acids is 1. The van der Waals surface area contributed by atoms with Gasteiger partial charge < -0.3 is 4.74 Å². The van der Waals surface area contributed by atoms with E-state index < -0.39 is 0 Å². The molecule has 0 amide bonds. The molecule has 0 radical (unpaired) electrons. The number of anilines is 1. The number of hydrogen-bond acceptors (Lipinski definition) is 6. The predicted octanol–water partition coefficient (Wildman–Crippen LogP) is 1.74. The number of esters is 1. The van der Waals surface area contributed by atoms with Crippen LogP contribution in [0.1, 0.15) is 28.9 Å². The van der Waals surface area contributed by atoms with E-state index in [0.717, 1.165) is 18.2 Å². The summed E-state index contributed by atoms with van der Waals surface area (Å²) in [4.78, 5) is 15.9. The number of ether oxygens (including phenoxy) is 1. The van der Waals surface area contributed by atoms with Gasteiger partial charge in [-0.15, -0.1) is 0 Å². The van der Waals surface area contributed by atoms with Crippen LogP contribution in [-0.2, 0) is 4.74 Å². The number of aromatic nitrogens is 1. The highest BCUT2D eigenvalue weighted by Crippen LogP contribution is 2.20. The predicted molar refractivity (Wildman–Crippen MR) is 62.5 cm³/mol. The molecule has 1 aliphatic rings. The van der Waals surface area contributed by atoms with Crippen molar-refractivity contribution in [2.24, 2.45) is 0 Å². The largest absolute Gasteiger partial charge is 0.465 e. The van der Waals surface area contributed by atoms with Crippen LogP contribution in [0.5, 0.6) is 0 Å². The average molecular weight is 241 g/mol. The van der Waals surface area contributed by atoms with Crippen LogP contribution in [0.15, 0.2) is 6.20 Å². The Balaban J connectivity index is 1.94. The molecule has 0 aromatic carbocycles. The molecule has 0 aliphatic carbocycles. The number of piperidine rings is 1. The number of rotatable bonds is 3. The SMILES string of the molecule is COC(=O)c1cnc(NN2CCCCC2)s1. The lowest BCUT2D eigenvalue weighted by atomic mass is 10.2. The van der Waals surface area contributed by atoms with E-state index in [2.05, 4.69) is 20.2 Å². The highest BCUT2D eigenvalue weighted by Gasteiger charge is 2.14. The number of carbonyl (C=O) groups is 1. The van der Waals surface area contributed by atoms with Gasteiger partial charge in [0.15, 0.2) is 5.13 Å². The quantitative estimate of drug-likeness (QED) is 0.817. The number of thiazole rings is 1. The lowest BCUT2D eigenvalue weighted by Crippen LogP contribution is -2.34. The Kier molecular flexibility index (Phi) is 3.74. The van der Waals surface area contributed by atoms with Crippen LogP contribution >= 0.6 is 11.3 Å². The van der Waals surface area contributed by atoms with E-state index in [4.69, 9.17) is 0 Å². The molecule has 1 fully saturated rings. The molecule has 6 heteroatoms. The summed E-state index contributed by atoms with van der Waals surface area (Å²) >= 11 is 1.32. The molecule has 0 saturated carbocycles. The van der Waals surface area contributed by atoms with E-state index in [0.29, 0.717) is 4.88 Å². The van der Waals surface area contributed by atoms with Crippen molar-refractivity contribution >= 4 is 22.4 Å². The maximum Gasteiger partial charge on any atom is 0.349 e. The average Bonchev–Trinajstić information content (AvgIpc) is 2.78. The van der Waals surface area contributed by atoms with Gasteiger partial charge in [-0.2, -0.15) is 0 Å². The van der Waals surface area contributed by atoms with E-state index >= 15 is 0 Å². The number of nitrogens with zero attached hydrogens (tertiary/aromatic N) is 2. The van der Waals surface area contributed by atoms with Crippen LogP contribution < -0.4 is 5.43 Å². The van der Waals surface area contributed by atoms with Gasteiger partial charge in [-0.3, -0.25) is 5.43 Å². The van der Waals surface area contributed by atoms with Gasteiger partial charge in [0.1, 0.15) is 4.88 Å². The fourth-order valence-electron chi connectivity index (χ4n) is 1.66. The van der Waals surface area contributed by atoms with E-state index in [1.165, 1.54) is 37.7 Å². The molecule has 1 aromatic heterocycles. The number of nitrogens with one attached hydrogen (secondary N) is 1.